The molecule has 0 amide bonds. The van der Waals surface area contributed by atoms with Crippen molar-refractivity contribution in [2.75, 3.05) is 6.61 Å². The van der Waals surface area contributed by atoms with Crippen molar-refractivity contribution in [3.63, 3.8) is 0 Å². The number of benzene rings is 2. The number of aromatic hydroxyl groups is 3. The third-order valence-corrected chi connectivity index (χ3v) is 7.82. The molecule has 2 unspecified atom stereocenters. The predicted molar refractivity (Wildman–Crippen MR) is 144 cm³/mol. The normalized spacial score (nSPS) is 30.9. The molecule has 12 heteroatoms. The van der Waals surface area contributed by atoms with Crippen LogP contribution in [0.25, 0.3) is 11.1 Å². The number of hydrogen-bond donors (Lipinski definition) is 6. The summed E-state index contributed by atoms with van der Waals surface area (Å²) in [7, 11) is 0. The number of fused-ring (bicyclic) bond motifs is 1. The fraction of sp³-hybridized carbons (Fsp3) is 0.400. The fourth-order valence-corrected chi connectivity index (χ4v) is 5.69. The van der Waals surface area contributed by atoms with Gasteiger partial charge in [-0.15, -0.1) is 6.58 Å². The first-order valence-corrected chi connectivity index (χ1v) is 13.5. The number of carbonyl (C=O) groups is 2. The third-order valence-electron chi connectivity index (χ3n) is 7.82. The molecule has 42 heavy (non-hydrogen) atoms. The molecule has 2 aromatic rings. The maximum absolute atomic E-state index is 13.5. The number of hydrogen-bond acceptors (Lipinski definition) is 12. The van der Waals surface area contributed by atoms with Gasteiger partial charge in [0.15, 0.2) is 11.9 Å². The lowest BCUT2D eigenvalue weighted by Gasteiger charge is -2.44. The zero-order chi connectivity index (χ0) is 30.1. The number of esters is 1. The van der Waals surface area contributed by atoms with Crippen LogP contribution >= 0.6 is 0 Å². The molecule has 0 bridgehead atoms. The monoisotopic (exact) mass is 584 g/mol. The van der Waals surface area contributed by atoms with Crippen LogP contribution in [0, 0.1) is 11.8 Å². The van der Waals surface area contributed by atoms with Gasteiger partial charge in [-0.3, -0.25) is 4.79 Å². The lowest BCUT2D eigenvalue weighted by molar-refractivity contribution is -0.338. The molecule has 0 radical (unpaired) electrons. The lowest BCUT2D eigenvalue weighted by Crippen LogP contribution is -2.61. The van der Waals surface area contributed by atoms with Gasteiger partial charge in [-0.2, -0.15) is 0 Å². The molecule has 12 nitrogen and oxygen atoms in total. The maximum atomic E-state index is 13.5. The van der Waals surface area contributed by atoms with Gasteiger partial charge in [-0.05, 0) is 36.6 Å². The van der Waals surface area contributed by atoms with Gasteiger partial charge in [-0.1, -0.05) is 18.2 Å². The minimum Gasteiger partial charge on any atom is -0.508 e. The molecule has 2 aromatic carbocycles. The highest BCUT2D eigenvalue weighted by Gasteiger charge is 2.50. The minimum absolute atomic E-state index is 0.00726. The molecular weight excluding hydrogens is 552 g/mol. The zero-order valence-electron chi connectivity index (χ0n) is 22.4. The number of aliphatic hydroxyl groups excluding tert-OH is 3. The number of aliphatic hydroxyl groups is 3. The minimum atomic E-state index is -1.80. The maximum Gasteiger partial charge on any atom is 0.343 e. The Morgan fingerprint density at radius 2 is 1.86 bits per heavy atom. The van der Waals surface area contributed by atoms with Crippen molar-refractivity contribution in [2.45, 2.75) is 56.3 Å². The van der Waals surface area contributed by atoms with Gasteiger partial charge < -0.3 is 49.6 Å². The van der Waals surface area contributed by atoms with Gasteiger partial charge in [0.1, 0.15) is 41.1 Å². The number of phenolic OH excluding ortho intramolecular Hbond substituents is 3. The van der Waals surface area contributed by atoms with Gasteiger partial charge in [0.25, 0.3) is 0 Å². The van der Waals surface area contributed by atoms with Crippen molar-refractivity contribution in [1.82, 2.24) is 0 Å². The third kappa shape index (κ3) is 5.59. The standard InChI is InChI=1S/C30H32O12/c1-2-17-18-7-4-8-21(34)20(18)13-39-29(17)42-30-27(26(37)25(36)23(12-31)40-30)41-28(38)24-19(10-16(33)11-22(24)35)14-5-3-6-15(32)9-14/h2-3,5-6,9-11,13,17-18,23,25-27,29-33,35-37H,1,4,7-8,12H2/t17-,18+,23-,25-,26?,27?,29+,30+/m1/s1. The van der Waals surface area contributed by atoms with Crippen LogP contribution in [-0.2, 0) is 23.7 Å². The van der Waals surface area contributed by atoms with E-state index in [0.29, 0.717) is 24.8 Å². The Morgan fingerprint density at radius 1 is 1.07 bits per heavy atom. The summed E-state index contributed by atoms with van der Waals surface area (Å²) in [5, 5.41) is 61.9. The number of allylic oxidation sites excluding steroid dienone is 1. The van der Waals surface area contributed by atoms with Gasteiger partial charge in [-0.25, -0.2) is 4.79 Å². The molecule has 6 N–H and O–H groups in total. The molecule has 2 heterocycles. The highest BCUT2D eigenvalue weighted by molar-refractivity contribution is 6.00. The van der Waals surface area contributed by atoms with Crippen molar-refractivity contribution in [3.05, 3.63) is 66.5 Å². The smallest absolute Gasteiger partial charge is 0.343 e. The molecule has 224 valence electrons. The van der Waals surface area contributed by atoms with Crippen LogP contribution in [0.2, 0.25) is 0 Å². The molecule has 2 aliphatic heterocycles. The van der Waals surface area contributed by atoms with Crippen molar-refractivity contribution >= 4 is 11.8 Å². The van der Waals surface area contributed by atoms with Crippen LogP contribution in [0.5, 0.6) is 17.2 Å². The summed E-state index contributed by atoms with van der Waals surface area (Å²) in [6.07, 6.45) is -4.48. The number of ketones is 1. The van der Waals surface area contributed by atoms with Crippen LogP contribution in [0.1, 0.15) is 29.6 Å². The fourth-order valence-electron chi connectivity index (χ4n) is 5.69. The van der Waals surface area contributed by atoms with E-state index in [9.17, 15) is 40.2 Å². The lowest BCUT2D eigenvalue weighted by atomic mass is 9.75. The molecule has 1 saturated heterocycles. The molecule has 0 spiro atoms. The molecule has 1 aliphatic carbocycles. The molecule has 3 aliphatic rings. The van der Waals surface area contributed by atoms with Crippen molar-refractivity contribution < 1.29 is 59.2 Å². The molecule has 2 fully saturated rings. The quantitative estimate of drug-likeness (QED) is 0.205. The molecule has 5 rings (SSSR count). The van der Waals surface area contributed by atoms with Crippen LogP contribution in [-0.4, -0.2) is 86.0 Å². The average molecular weight is 585 g/mol. The van der Waals surface area contributed by atoms with Gasteiger partial charge >= 0.3 is 5.97 Å². The summed E-state index contributed by atoms with van der Waals surface area (Å²) in [5.41, 5.74) is 0.377. The summed E-state index contributed by atoms with van der Waals surface area (Å²) >= 11 is 0. The molecule has 1 saturated carbocycles. The van der Waals surface area contributed by atoms with Gasteiger partial charge in [0.2, 0.25) is 12.6 Å². The Bertz CT molecular complexity index is 1390. The second-order valence-corrected chi connectivity index (χ2v) is 10.5. The first-order chi connectivity index (χ1) is 20.1. The zero-order valence-corrected chi connectivity index (χ0v) is 22.4. The van der Waals surface area contributed by atoms with E-state index in [4.69, 9.17) is 18.9 Å². The predicted octanol–water partition coefficient (Wildman–Crippen LogP) is 1.86. The number of phenols is 3. The van der Waals surface area contributed by atoms with E-state index in [1.54, 1.807) is 6.08 Å². The topological polar surface area (TPSA) is 192 Å². The summed E-state index contributed by atoms with van der Waals surface area (Å²) in [6, 6.07) is 7.82. The van der Waals surface area contributed by atoms with Gasteiger partial charge in [0.05, 0.1) is 12.9 Å². The second-order valence-electron chi connectivity index (χ2n) is 10.5. The summed E-state index contributed by atoms with van der Waals surface area (Å²) in [4.78, 5) is 25.9. The number of rotatable bonds is 7. The summed E-state index contributed by atoms with van der Waals surface area (Å²) < 4.78 is 23.0. The van der Waals surface area contributed by atoms with E-state index in [1.807, 2.05) is 0 Å². The van der Waals surface area contributed by atoms with E-state index < -0.39 is 66.8 Å². The average Bonchev–Trinajstić information content (AvgIpc) is 2.96. The molecule has 8 atom stereocenters. The van der Waals surface area contributed by atoms with E-state index in [1.165, 1.54) is 36.6 Å². The highest BCUT2D eigenvalue weighted by Crippen LogP contribution is 2.41. The Balaban J connectivity index is 1.46. The highest BCUT2D eigenvalue weighted by atomic mass is 16.8. The summed E-state index contributed by atoms with van der Waals surface area (Å²) in [5.74, 6) is -3.13. The SMILES string of the molecule is C=C[C@H]1[C@H](O[C@@H]2O[C@H](CO)[C@@H](O)C(O)C2OC(=O)c2c(O)cc(O)cc2-c2cccc(O)c2)OC=C2C(=O)CCC[C@H]21. The number of ether oxygens (including phenoxy) is 4. The van der Waals surface area contributed by atoms with Crippen LogP contribution in [0.15, 0.2) is 60.9 Å². The Labute approximate surface area is 240 Å². The largest absolute Gasteiger partial charge is 0.508 e. The van der Waals surface area contributed by atoms with Crippen molar-refractivity contribution in [1.29, 1.82) is 0 Å². The second kappa shape index (κ2) is 12.1. The number of Topliss-reactive ketones (excluding diaryl/α,β-unsaturated/α-hetero) is 1. The Kier molecular flexibility index (Phi) is 8.53. The first kappa shape index (κ1) is 29.5. The van der Waals surface area contributed by atoms with Crippen LogP contribution in [0.4, 0.5) is 0 Å². The van der Waals surface area contributed by atoms with E-state index in [0.717, 1.165) is 6.07 Å². The van der Waals surface area contributed by atoms with E-state index in [-0.39, 0.29) is 34.3 Å². The van der Waals surface area contributed by atoms with Crippen LogP contribution < -0.4 is 0 Å². The molecule has 0 aromatic heterocycles. The van der Waals surface area contributed by atoms with Gasteiger partial charge in [0, 0.05) is 35.5 Å². The summed E-state index contributed by atoms with van der Waals surface area (Å²) in [6.45, 7) is 3.15. The van der Waals surface area contributed by atoms with Crippen molar-refractivity contribution in [3.8, 4) is 28.4 Å². The van der Waals surface area contributed by atoms with Crippen molar-refractivity contribution in [2.24, 2.45) is 11.8 Å². The first-order valence-electron chi connectivity index (χ1n) is 13.5. The van der Waals surface area contributed by atoms with E-state index in [2.05, 4.69) is 6.58 Å². The Hall–Kier alpha value is -3.94. The number of carbonyl (C=O) groups excluding carboxylic acids is 2. The van der Waals surface area contributed by atoms with E-state index >= 15 is 0 Å². The van der Waals surface area contributed by atoms with Crippen LogP contribution in [0.3, 0.4) is 0 Å². The molecular formula is C30H32O12. The Morgan fingerprint density at radius 3 is 2.57 bits per heavy atom.